The molecule has 15 heavy (non-hydrogen) atoms. The van der Waals surface area contributed by atoms with Gasteiger partial charge in [0.15, 0.2) is 0 Å². The summed E-state index contributed by atoms with van der Waals surface area (Å²) in [6, 6.07) is 6.32. The summed E-state index contributed by atoms with van der Waals surface area (Å²) < 4.78 is 0.820. The number of carbonyl (C=O) groups excluding carboxylic acids is 2. The third-order valence-electron chi connectivity index (χ3n) is 2.25. The van der Waals surface area contributed by atoms with Crippen molar-refractivity contribution in [2.24, 2.45) is 5.73 Å². The van der Waals surface area contributed by atoms with Crippen molar-refractivity contribution in [2.75, 3.05) is 4.90 Å². The van der Waals surface area contributed by atoms with E-state index in [1.54, 1.807) is 18.2 Å². The second kappa shape index (κ2) is 3.75. The molecule has 78 valence electrons. The van der Waals surface area contributed by atoms with Crippen molar-refractivity contribution >= 4 is 33.4 Å². The molecule has 5 heteroatoms. The van der Waals surface area contributed by atoms with E-state index in [2.05, 4.69) is 15.9 Å². The van der Waals surface area contributed by atoms with E-state index in [0.717, 1.165) is 9.37 Å². The molecular weight excluding hydrogens is 260 g/mol. The Morgan fingerprint density at radius 1 is 1.40 bits per heavy atom. The normalized spacial score (nSPS) is 21.2. The standard InChI is InChI=1S/C10H9BrN2O2/c11-6-2-1-3-7(4-6)13-9(14)5-8(12)10(13)15/h1-4,8H,5,12H2/t8-/m0/s1. The number of nitrogens with zero attached hydrogens (tertiary/aromatic N) is 1. The monoisotopic (exact) mass is 268 g/mol. The molecule has 1 saturated heterocycles. The third-order valence-corrected chi connectivity index (χ3v) is 2.74. The first-order valence-electron chi connectivity index (χ1n) is 4.47. The van der Waals surface area contributed by atoms with Crippen LogP contribution in [0, 0.1) is 0 Å². The number of hydrogen-bond acceptors (Lipinski definition) is 3. The minimum atomic E-state index is -0.698. The molecule has 2 N–H and O–H groups in total. The fraction of sp³-hybridized carbons (Fsp3) is 0.200. The van der Waals surface area contributed by atoms with Crippen molar-refractivity contribution in [3.05, 3.63) is 28.7 Å². The fourth-order valence-corrected chi connectivity index (χ4v) is 1.93. The highest BCUT2D eigenvalue weighted by Crippen LogP contribution is 2.24. The van der Waals surface area contributed by atoms with Crippen LogP contribution >= 0.6 is 15.9 Å². The van der Waals surface area contributed by atoms with Crippen molar-refractivity contribution in [1.29, 1.82) is 0 Å². The average Bonchev–Trinajstić information content (AvgIpc) is 2.41. The minimum absolute atomic E-state index is 0.0886. The second-order valence-electron chi connectivity index (χ2n) is 3.36. The van der Waals surface area contributed by atoms with Crippen molar-refractivity contribution in [2.45, 2.75) is 12.5 Å². The van der Waals surface area contributed by atoms with Crippen LogP contribution in [0.25, 0.3) is 0 Å². The van der Waals surface area contributed by atoms with Gasteiger partial charge in [-0.3, -0.25) is 9.59 Å². The molecule has 1 aromatic carbocycles. The number of benzene rings is 1. The van der Waals surface area contributed by atoms with E-state index in [4.69, 9.17) is 5.73 Å². The van der Waals surface area contributed by atoms with Gasteiger partial charge in [0.1, 0.15) is 0 Å². The van der Waals surface area contributed by atoms with E-state index in [-0.39, 0.29) is 18.2 Å². The molecule has 0 radical (unpaired) electrons. The van der Waals surface area contributed by atoms with Gasteiger partial charge in [0.2, 0.25) is 5.91 Å². The number of halogens is 1. The smallest absolute Gasteiger partial charge is 0.251 e. The molecule has 1 heterocycles. The third kappa shape index (κ3) is 1.80. The summed E-state index contributed by atoms with van der Waals surface area (Å²) in [5, 5.41) is 0. The summed E-state index contributed by atoms with van der Waals surface area (Å²) in [5.41, 5.74) is 6.07. The molecule has 4 nitrogen and oxygen atoms in total. The predicted octanol–water partition coefficient (Wildman–Crippen LogP) is 1.04. The van der Waals surface area contributed by atoms with Crippen molar-refractivity contribution < 1.29 is 9.59 Å². The number of amides is 2. The maximum absolute atomic E-state index is 11.6. The lowest BCUT2D eigenvalue weighted by Crippen LogP contribution is -2.35. The van der Waals surface area contributed by atoms with Gasteiger partial charge in [0, 0.05) is 4.47 Å². The lowest BCUT2D eigenvalue weighted by atomic mass is 10.3. The minimum Gasteiger partial charge on any atom is -0.319 e. The van der Waals surface area contributed by atoms with E-state index in [9.17, 15) is 9.59 Å². The van der Waals surface area contributed by atoms with Crippen molar-refractivity contribution in [3.63, 3.8) is 0 Å². The lowest BCUT2D eigenvalue weighted by molar-refractivity contribution is -0.121. The lowest BCUT2D eigenvalue weighted by Gasteiger charge is -2.14. The van der Waals surface area contributed by atoms with E-state index >= 15 is 0 Å². The Balaban J connectivity index is 2.39. The summed E-state index contributed by atoms with van der Waals surface area (Å²) in [4.78, 5) is 24.2. The highest BCUT2D eigenvalue weighted by Gasteiger charge is 2.37. The van der Waals surface area contributed by atoms with Crippen molar-refractivity contribution in [3.8, 4) is 0 Å². The summed E-state index contributed by atoms with van der Waals surface area (Å²) >= 11 is 3.28. The molecule has 1 fully saturated rings. The molecule has 1 aliphatic rings. The Bertz CT molecular complexity index is 433. The molecule has 2 amide bonds. The zero-order valence-electron chi connectivity index (χ0n) is 7.81. The molecule has 1 aromatic rings. The zero-order chi connectivity index (χ0) is 11.0. The van der Waals surface area contributed by atoms with E-state index < -0.39 is 6.04 Å². The Morgan fingerprint density at radius 2 is 2.13 bits per heavy atom. The van der Waals surface area contributed by atoms with Crippen molar-refractivity contribution in [1.82, 2.24) is 0 Å². The van der Waals surface area contributed by atoms with Crippen LogP contribution in [0.3, 0.4) is 0 Å². The molecule has 0 bridgehead atoms. The SMILES string of the molecule is N[C@H]1CC(=O)N(c2cccc(Br)c2)C1=O. The zero-order valence-corrected chi connectivity index (χ0v) is 9.40. The van der Waals surface area contributed by atoms with Crippen LogP contribution < -0.4 is 10.6 Å². The Hall–Kier alpha value is -1.20. The molecule has 1 aliphatic heterocycles. The summed E-state index contributed by atoms with van der Waals surface area (Å²) in [7, 11) is 0. The number of carbonyl (C=O) groups is 2. The Morgan fingerprint density at radius 3 is 2.67 bits per heavy atom. The van der Waals surface area contributed by atoms with Crippen LogP contribution in [-0.4, -0.2) is 17.9 Å². The van der Waals surface area contributed by atoms with Gasteiger partial charge >= 0.3 is 0 Å². The summed E-state index contributed by atoms with van der Waals surface area (Å²) in [5.74, 6) is -0.580. The number of hydrogen-bond donors (Lipinski definition) is 1. The molecule has 0 aliphatic carbocycles. The van der Waals surface area contributed by atoms with Gasteiger partial charge in [0.25, 0.3) is 5.91 Å². The molecule has 0 unspecified atom stereocenters. The van der Waals surface area contributed by atoms with Crippen LogP contribution in [0.4, 0.5) is 5.69 Å². The summed E-state index contributed by atoms with van der Waals surface area (Å²) in [6.45, 7) is 0. The van der Waals surface area contributed by atoms with Gasteiger partial charge in [-0.15, -0.1) is 0 Å². The first-order valence-corrected chi connectivity index (χ1v) is 5.27. The van der Waals surface area contributed by atoms with Gasteiger partial charge in [-0.2, -0.15) is 0 Å². The van der Waals surface area contributed by atoms with Crippen LogP contribution in [0.2, 0.25) is 0 Å². The molecule has 1 atom stereocenters. The molecule has 0 saturated carbocycles. The van der Waals surface area contributed by atoms with E-state index in [0.29, 0.717) is 5.69 Å². The number of rotatable bonds is 1. The van der Waals surface area contributed by atoms with Gasteiger partial charge in [-0.25, -0.2) is 4.90 Å². The highest BCUT2D eigenvalue weighted by molar-refractivity contribution is 9.10. The highest BCUT2D eigenvalue weighted by atomic mass is 79.9. The number of nitrogens with two attached hydrogens (primary N) is 1. The topological polar surface area (TPSA) is 63.4 Å². The fourth-order valence-electron chi connectivity index (χ4n) is 1.54. The van der Waals surface area contributed by atoms with E-state index in [1.807, 2.05) is 6.07 Å². The predicted molar refractivity (Wildman–Crippen MR) is 59.2 cm³/mol. The Labute approximate surface area is 95.2 Å². The maximum atomic E-state index is 11.6. The number of imide groups is 1. The largest absolute Gasteiger partial charge is 0.319 e. The first-order chi connectivity index (χ1) is 7.09. The quantitative estimate of drug-likeness (QED) is 0.775. The molecular formula is C10H9BrN2O2. The van der Waals surface area contributed by atoms with Gasteiger partial charge in [0.05, 0.1) is 18.2 Å². The van der Waals surface area contributed by atoms with Gasteiger partial charge < -0.3 is 5.73 Å². The van der Waals surface area contributed by atoms with Crippen LogP contribution in [0.5, 0.6) is 0 Å². The molecule has 0 aromatic heterocycles. The first kappa shape index (κ1) is 10.3. The maximum Gasteiger partial charge on any atom is 0.251 e. The molecule has 0 spiro atoms. The van der Waals surface area contributed by atoms with Gasteiger partial charge in [-0.1, -0.05) is 22.0 Å². The molecule has 2 rings (SSSR count). The second-order valence-corrected chi connectivity index (χ2v) is 4.27. The van der Waals surface area contributed by atoms with E-state index in [1.165, 1.54) is 0 Å². The number of anilines is 1. The summed E-state index contributed by atoms with van der Waals surface area (Å²) in [6.07, 6.45) is 0.0886. The van der Waals surface area contributed by atoms with Crippen LogP contribution in [0.15, 0.2) is 28.7 Å². The Kier molecular flexibility index (Phi) is 2.58. The van der Waals surface area contributed by atoms with Crippen LogP contribution in [0.1, 0.15) is 6.42 Å². The van der Waals surface area contributed by atoms with Crippen LogP contribution in [-0.2, 0) is 9.59 Å². The average molecular weight is 269 g/mol. The van der Waals surface area contributed by atoms with Gasteiger partial charge in [-0.05, 0) is 18.2 Å².